The maximum atomic E-state index is 11.7. The molecular weight excluding hydrogens is 192 g/mol. The number of nitrogens with two attached hydrogens (primary N) is 1. The van der Waals surface area contributed by atoms with E-state index in [0.29, 0.717) is 13.2 Å². The van der Waals surface area contributed by atoms with E-state index >= 15 is 0 Å². The summed E-state index contributed by atoms with van der Waals surface area (Å²) < 4.78 is 5.02. The van der Waals surface area contributed by atoms with Crippen LogP contribution in [-0.2, 0) is 4.74 Å². The molecule has 1 saturated carbocycles. The third-order valence-corrected chi connectivity index (χ3v) is 3.42. The van der Waals surface area contributed by atoms with Crippen LogP contribution in [0.1, 0.15) is 39.0 Å². The number of hydrogen-bond donors (Lipinski definition) is 1. The van der Waals surface area contributed by atoms with E-state index in [1.165, 1.54) is 6.42 Å². The zero-order valence-electron chi connectivity index (χ0n) is 9.79. The van der Waals surface area contributed by atoms with Crippen LogP contribution in [0.5, 0.6) is 0 Å². The van der Waals surface area contributed by atoms with Crippen LogP contribution in [-0.4, -0.2) is 36.7 Å². The fourth-order valence-electron chi connectivity index (χ4n) is 2.30. The predicted octanol–water partition coefficient (Wildman–Crippen LogP) is 1.74. The van der Waals surface area contributed by atoms with E-state index < -0.39 is 0 Å². The number of amides is 1. The lowest BCUT2D eigenvalue weighted by atomic mass is 9.81. The Morgan fingerprint density at radius 2 is 2.00 bits per heavy atom. The van der Waals surface area contributed by atoms with Gasteiger partial charge < -0.3 is 15.4 Å². The molecule has 0 aromatic carbocycles. The molecule has 0 bridgehead atoms. The Morgan fingerprint density at radius 3 is 2.47 bits per heavy atom. The van der Waals surface area contributed by atoms with E-state index in [9.17, 15) is 4.79 Å². The van der Waals surface area contributed by atoms with Gasteiger partial charge in [0, 0.05) is 13.6 Å². The van der Waals surface area contributed by atoms with Gasteiger partial charge in [-0.05, 0) is 19.8 Å². The molecule has 0 spiro atoms. The minimum absolute atomic E-state index is 0.162. The van der Waals surface area contributed by atoms with Crippen molar-refractivity contribution in [1.29, 1.82) is 0 Å². The first-order chi connectivity index (χ1) is 7.16. The molecule has 0 heterocycles. The molecule has 88 valence electrons. The molecule has 0 saturated heterocycles. The zero-order valence-corrected chi connectivity index (χ0v) is 9.79. The molecule has 0 aromatic heterocycles. The lowest BCUT2D eigenvalue weighted by Crippen LogP contribution is -2.55. The van der Waals surface area contributed by atoms with Gasteiger partial charge in [0.05, 0.1) is 12.1 Å². The molecule has 1 aliphatic carbocycles. The highest BCUT2D eigenvalue weighted by Gasteiger charge is 2.37. The molecule has 0 atom stereocenters. The Labute approximate surface area is 91.8 Å². The highest BCUT2D eigenvalue weighted by molar-refractivity contribution is 5.68. The van der Waals surface area contributed by atoms with Crippen molar-refractivity contribution in [3.8, 4) is 0 Å². The van der Waals surface area contributed by atoms with Crippen molar-refractivity contribution in [2.45, 2.75) is 44.6 Å². The third-order valence-electron chi connectivity index (χ3n) is 3.42. The van der Waals surface area contributed by atoms with Crippen molar-refractivity contribution >= 4 is 6.09 Å². The average Bonchev–Trinajstić information content (AvgIpc) is 2.29. The van der Waals surface area contributed by atoms with Crippen LogP contribution < -0.4 is 5.73 Å². The number of likely N-dealkylation sites (N-methyl/N-ethyl adjacent to an activating group) is 1. The van der Waals surface area contributed by atoms with Crippen molar-refractivity contribution in [3.05, 3.63) is 0 Å². The summed E-state index contributed by atoms with van der Waals surface area (Å²) in [6, 6.07) is 0. The fraction of sp³-hybridized carbons (Fsp3) is 0.909. The second-order valence-corrected chi connectivity index (χ2v) is 4.25. The monoisotopic (exact) mass is 214 g/mol. The van der Waals surface area contributed by atoms with Crippen LogP contribution in [0.4, 0.5) is 4.79 Å². The quantitative estimate of drug-likeness (QED) is 0.778. The van der Waals surface area contributed by atoms with Crippen LogP contribution in [0.25, 0.3) is 0 Å². The van der Waals surface area contributed by atoms with Gasteiger partial charge >= 0.3 is 6.09 Å². The topological polar surface area (TPSA) is 55.6 Å². The number of hydrogen-bond acceptors (Lipinski definition) is 3. The number of ether oxygens (including phenoxy) is 1. The summed E-state index contributed by atoms with van der Waals surface area (Å²) >= 11 is 0. The molecule has 0 aliphatic heterocycles. The van der Waals surface area contributed by atoms with Gasteiger partial charge in [0.1, 0.15) is 0 Å². The third kappa shape index (κ3) is 2.62. The van der Waals surface area contributed by atoms with E-state index in [-0.39, 0.29) is 11.6 Å². The van der Waals surface area contributed by atoms with Gasteiger partial charge in [0.2, 0.25) is 0 Å². The van der Waals surface area contributed by atoms with Gasteiger partial charge in [-0.15, -0.1) is 0 Å². The van der Waals surface area contributed by atoms with Crippen molar-refractivity contribution in [2.24, 2.45) is 5.73 Å². The van der Waals surface area contributed by atoms with Gasteiger partial charge in [0.25, 0.3) is 0 Å². The SMILES string of the molecule is CCOC(=O)N(C)C1(CN)CCCCC1. The number of carbonyl (C=O) groups is 1. The van der Waals surface area contributed by atoms with Crippen molar-refractivity contribution in [3.63, 3.8) is 0 Å². The molecule has 4 heteroatoms. The van der Waals surface area contributed by atoms with E-state index in [4.69, 9.17) is 10.5 Å². The summed E-state index contributed by atoms with van der Waals surface area (Å²) in [6.07, 6.45) is 5.31. The predicted molar refractivity (Wildman–Crippen MR) is 59.7 cm³/mol. The first kappa shape index (κ1) is 12.3. The van der Waals surface area contributed by atoms with E-state index in [0.717, 1.165) is 25.7 Å². The van der Waals surface area contributed by atoms with Gasteiger partial charge in [-0.3, -0.25) is 0 Å². The molecule has 1 rings (SSSR count). The molecule has 4 nitrogen and oxygen atoms in total. The average molecular weight is 214 g/mol. The fourth-order valence-corrected chi connectivity index (χ4v) is 2.30. The Kier molecular flexibility index (Phi) is 4.39. The second-order valence-electron chi connectivity index (χ2n) is 4.25. The second kappa shape index (κ2) is 5.35. The first-order valence-corrected chi connectivity index (χ1v) is 5.77. The molecule has 1 amide bonds. The van der Waals surface area contributed by atoms with Crippen molar-refractivity contribution in [2.75, 3.05) is 20.2 Å². The largest absolute Gasteiger partial charge is 0.450 e. The zero-order chi connectivity index (χ0) is 11.3. The maximum Gasteiger partial charge on any atom is 0.409 e. The van der Waals surface area contributed by atoms with Crippen LogP contribution >= 0.6 is 0 Å². The standard InChI is InChI=1S/C11H22N2O2/c1-3-15-10(14)13(2)11(9-12)7-5-4-6-8-11/h3-9,12H2,1-2H3. The minimum atomic E-state index is -0.246. The number of nitrogens with zero attached hydrogens (tertiary/aromatic N) is 1. The molecule has 0 unspecified atom stereocenters. The first-order valence-electron chi connectivity index (χ1n) is 5.77. The molecule has 15 heavy (non-hydrogen) atoms. The Hall–Kier alpha value is -0.770. The van der Waals surface area contributed by atoms with E-state index in [2.05, 4.69) is 0 Å². The van der Waals surface area contributed by atoms with Crippen molar-refractivity contribution in [1.82, 2.24) is 4.90 Å². The summed E-state index contributed by atoms with van der Waals surface area (Å²) in [7, 11) is 1.80. The highest BCUT2D eigenvalue weighted by Crippen LogP contribution is 2.32. The van der Waals surface area contributed by atoms with E-state index in [1.54, 1.807) is 11.9 Å². The molecular formula is C11H22N2O2. The van der Waals surface area contributed by atoms with Gasteiger partial charge in [-0.1, -0.05) is 19.3 Å². The summed E-state index contributed by atoms with van der Waals surface area (Å²) in [5, 5.41) is 0. The summed E-state index contributed by atoms with van der Waals surface area (Å²) in [5.41, 5.74) is 5.66. The molecule has 1 fully saturated rings. The Morgan fingerprint density at radius 1 is 1.40 bits per heavy atom. The number of rotatable bonds is 3. The molecule has 0 aromatic rings. The smallest absolute Gasteiger partial charge is 0.409 e. The Bertz CT molecular complexity index is 213. The van der Waals surface area contributed by atoms with Crippen LogP contribution in [0.3, 0.4) is 0 Å². The lowest BCUT2D eigenvalue weighted by Gasteiger charge is -2.43. The summed E-state index contributed by atoms with van der Waals surface area (Å²) in [5.74, 6) is 0. The van der Waals surface area contributed by atoms with E-state index in [1.807, 2.05) is 6.92 Å². The maximum absolute atomic E-state index is 11.7. The van der Waals surface area contributed by atoms with Crippen LogP contribution in [0.2, 0.25) is 0 Å². The van der Waals surface area contributed by atoms with Crippen LogP contribution in [0, 0.1) is 0 Å². The van der Waals surface area contributed by atoms with Gasteiger partial charge in [-0.25, -0.2) is 4.79 Å². The molecule has 1 aliphatic rings. The van der Waals surface area contributed by atoms with Crippen molar-refractivity contribution < 1.29 is 9.53 Å². The summed E-state index contributed by atoms with van der Waals surface area (Å²) in [4.78, 5) is 13.4. The molecule has 2 N–H and O–H groups in total. The summed E-state index contributed by atoms with van der Waals surface area (Å²) in [6.45, 7) is 2.77. The Balaban J connectivity index is 2.66. The lowest BCUT2D eigenvalue weighted by molar-refractivity contribution is 0.0513. The van der Waals surface area contributed by atoms with Gasteiger partial charge in [0.15, 0.2) is 0 Å². The minimum Gasteiger partial charge on any atom is -0.450 e. The highest BCUT2D eigenvalue weighted by atomic mass is 16.6. The van der Waals surface area contributed by atoms with Crippen LogP contribution in [0.15, 0.2) is 0 Å². The normalized spacial score (nSPS) is 19.7. The van der Waals surface area contributed by atoms with Gasteiger partial charge in [-0.2, -0.15) is 0 Å². The number of carbonyl (C=O) groups excluding carboxylic acids is 1. The molecule has 0 radical (unpaired) electrons.